The molecule has 3 rings (SSSR count). The Hall–Kier alpha value is -1.84. The molecule has 1 N–H and O–H groups in total. The normalized spacial score (nSPS) is 18.2. The lowest BCUT2D eigenvalue weighted by Crippen LogP contribution is -2.36. The molecule has 0 radical (unpaired) electrons. The summed E-state index contributed by atoms with van der Waals surface area (Å²) < 4.78 is 27.5. The zero-order valence-electron chi connectivity index (χ0n) is 15.0. The van der Waals surface area contributed by atoms with Gasteiger partial charge in [-0.15, -0.1) is 10.2 Å². The van der Waals surface area contributed by atoms with Crippen LogP contribution in [0.2, 0.25) is 0 Å². The van der Waals surface area contributed by atoms with Gasteiger partial charge in [0.15, 0.2) is 0 Å². The highest BCUT2D eigenvalue weighted by atomic mass is 32.2. The Labute approximate surface area is 157 Å². The SMILES string of the molecule is CC(=O)Nc1nnc(S(=O)(=O)N2CCCC2Cc2cc(C)ccc2C)s1. The van der Waals surface area contributed by atoms with E-state index in [1.165, 1.54) is 27.9 Å². The van der Waals surface area contributed by atoms with Gasteiger partial charge in [0.25, 0.3) is 10.0 Å². The molecule has 0 aliphatic carbocycles. The number of carbonyl (C=O) groups excluding carboxylic acids is 1. The molecule has 1 amide bonds. The van der Waals surface area contributed by atoms with Gasteiger partial charge in [-0.25, -0.2) is 8.42 Å². The molecular formula is C17H22N4O3S2. The molecular weight excluding hydrogens is 372 g/mol. The fourth-order valence-electron chi connectivity index (χ4n) is 3.22. The third kappa shape index (κ3) is 3.94. The number of anilines is 1. The second kappa shape index (κ2) is 7.42. The van der Waals surface area contributed by atoms with Crippen LogP contribution in [0.4, 0.5) is 5.13 Å². The molecule has 2 heterocycles. The number of benzene rings is 1. The van der Waals surface area contributed by atoms with Gasteiger partial charge in [0.2, 0.25) is 15.4 Å². The van der Waals surface area contributed by atoms with Crippen LogP contribution in [0.5, 0.6) is 0 Å². The fourth-order valence-corrected chi connectivity index (χ4v) is 5.97. The minimum Gasteiger partial charge on any atom is -0.301 e. The summed E-state index contributed by atoms with van der Waals surface area (Å²) in [5.74, 6) is -0.306. The van der Waals surface area contributed by atoms with Gasteiger partial charge in [-0.2, -0.15) is 4.31 Å². The molecule has 1 aromatic heterocycles. The molecule has 140 valence electrons. The largest absolute Gasteiger partial charge is 0.301 e. The number of nitrogens with zero attached hydrogens (tertiary/aromatic N) is 3. The molecule has 0 spiro atoms. The molecule has 1 aliphatic rings. The van der Waals surface area contributed by atoms with E-state index < -0.39 is 10.0 Å². The van der Waals surface area contributed by atoms with Gasteiger partial charge >= 0.3 is 0 Å². The molecule has 1 saturated heterocycles. The molecule has 26 heavy (non-hydrogen) atoms. The van der Waals surface area contributed by atoms with Gasteiger partial charge in [0.05, 0.1) is 0 Å². The predicted octanol–water partition coefficient (Wildman–Crippen LogP) is 2.51. The Morgan fingerprint density at radius 2 is 2.12 bits per heavy atom. The first-order valence-electron chi connectivity index (χ1n) is 8.46. The quantitative estimate of drug-likeness (QED) is 0.787. The van der Waals surface area contributed by atoms with E-state index >= 15 is 0 Å². The van der Waals surface area contributed by atoms with Gasteiger partial charge in [0, 0.05) is 19.5 Å². The number of nitrogens with one attached hydrogen (secondary N) is 1. The molecule has 1 aromatic carbocycles. The standard InChI is InChI=1S/C17H22N4O3S2/c1-11-6-7-12(2)14(9-11)10-15-5-4-8-21(15)26(23,24)17-20-19-16(25-17)18-13(3)22/h6-7,9,15H,4-5,8,10H2,1-3H3,(H,18,19,22). The summed E-state index contributed by atoms with van der Waals surface area (Å²) in [4.78, 5) is 11.1. The fraction of sp³-hybridized carbons (Fsp3) is 0.471. The number of rotatable bonds is 5. The van der Waals surface area contributed by atoms with Crippen LogP contribution in [-0.4, -0.2) is 41.4 Å². The van der Waals surface area contributed by atoms with Gasteiger partial charge in [-0.1, -0.05) is 35.1 Å². The zero-order chi connectivity index (χ0) is 18.9. The molecule has 2 aromatic rings. The average molecular weight is 395 g/mol. The minimum atomic E-state index is -3.72. The molecule has 1 unspecified atom stereocenters. The van der Waals surface area contributed by atoms with Crippen molar-refractivity contribution in [3.8, 4) is 0 Å². The summed E-state index contributed by atoms with van der Waals surface area (Å²) in [6.45, 7) is 5.91. The molecule has 0 saturated carbocycles. The van der Waals surface area contributed by atoms with E-state index in [0.29, 0.717) is 13.0 Å². The number of aryl methyl sites for hydroxylation is 2. The number of sulfonamides is 1. The Morgan fingerprint density at radius 1 is 1.35 bits per heavy atom. The van der Waals surface area contributed by atoms with E-state index in [0.717, 1.165) is 24.2 Å². The van der Waals surface area contributed by atoms with E-state index in [2.05, 4.69) is 33.7 Å². The number of aromatic nitrogens is 2. The van der Waals surface area contributed by atoms with Crippen LogP contribution in [0.3, 0.4) is 0 Å². The highest BCUT2D eigenvalue weighted by Gasteiger charge is 2.37. The van der Waals surface area contributed by atoms with E-state index in [9.17, 15) is 13.2 Å². The zero-order valence-corrected chi connectivity index (χ0v) is 16.7. The monoisotopic (exact) mass is 394 g/mol. The molecule has 7 nitrogen and oxygen atoms in total. The van der Waals surface area contributed by atoms with Gasteiger partial charge in [-0.05, 0) is 44.2 Å². The number of amides is 1. The Bertz CT molecular complexity index is 924. The van der Waals surface area contributed by atoms with Crippen molar-refractivity contribution in [3.63, 3.8) is 0 Å². The molecule has 1 fully saturated rings. The van der Waals surface area contributed by atoms with Crippen molar-refractivity contribution >= 4 is 32.4 Å². The molecule has 1 atom stereocenters. The van der Waals surface area contributed by atoms with Gasteiger partial charge < -0.3 is 5.32 Å². The van der Waals surface area contributed by atoms with Crippen molar-refractivity contribution in [2.24, 2.45) is 0 Å². The van der Waals surface area contributed by atoms with Crippen LogP contribution in [0.1, 0.15) is 36.5 Å². The summed E-state index contributed by atoms with van der Waals surface area (Å²) in [6.07, 6.45) is 2.33. The van der Waals surface area contributed by atoms with E-state index in [1.807, 2.05) is 13.8 Å². The lowest BCUT2D eigenvalue weighted by atomic mass is 9.98. The number of carbonyl (C=O) groups is 1. The minimum absolute atomic E-state index is 0.0749. The first-order chi connectivity index (χ1) is 12.3. The topological polar surface area (TPSA) is 92.3 Å². The van der Waals surface area contributed by atoms with Crippen LogP contribution in [-0.2, 0) is 21.2 Å². The smallest absolute Gasteiger partial charge is 0.272 e. The third-order valence-electron chi connectivity index (χ3n) is 4.50. The highest BCUT2D eigenvalue weighted by Crippen LogP contribution is 2.31. The van der Waals surface area contributed by atoms with Crippen LogP contribution < -0.4 is 5.32 Å². The predicted molar refractivity (Wildman–Crippen MR) is 101 cm³/mol. The maximum absolute atomic E-state index is 13.0. The van der Waals surface area contributed by atoms with Crippen LogP contribution in [0.25, 0.3) is 0 Å². The van der Waals surface area contributed by atoms with E-state index in [-0.39, 0.29) is 21.4 Å². The van der Waals surface area contributed by atoms with Crippen molar-refractivity contribution in [2.75, 3.05) is 11.9 Å². The van der Waals surface area contributed by atoms with Gasteiger partial charge in [0.1, 0.15) is 0 Å². The maximum atomic E-state index is 13.0. The van der Waals surface area contributed by atoms with Crippen molar-refractivity contribution < 1.29 is 13.2 Å². The Balaban J connectivity index is 1.83. The first-order valence-corrected chi connectivity index (χ1v) is 10.7. The van der Waals surface area contributed by atoms with Crippen molar-refractivity contribution in [1.29, 1.82) is 0 Å². The average Bonchev–Trinajstić information content (AvgIpc) is 3.20. The Kier molecular flexibility index (Phi) is 5.40. The number of hydrogen-bond donors (Lipinski definition) is 1. The number of hydrogen-bond acceptors (Lipinski definition) is 6. The summed E-state index contributed by atoms with van der Waals surface area (Å²) in [6, 6.07) is 6.17. The van der Waals surface area contributed by atoms with Crippen LogP contribution in [0, 0.1) is 13.8 Å². The summed E-state index contributed by atoms with van der Waals surface area (Å²) in [5.41, 5.74) is 3.51. The Morgan fingerprint density at radius 3 is 2.85 bits per heavy atom. The van der Waals surface area contributed by atoms with Crippen molar-refractivity contribution in [2.45, 2.75) is 50.4 Å². The maximum Gasteiger partial charge on any atom is 0.272 e. The highest BCUT2D eigenvalue weighted by molar-refractivity contribution is 7.91. The second-order valence-electron chi connectivity index (χ2n) is 6.60. The molecule has 0 bridgehead atoms. The molecule has 9 heteroatoms. The van der Waals surface area contributed by atoms with Crippen molar-refractivity contribution in [1.82, 2.24) is 14.5 Å². The lowest BCUT2D eigenvalue weighted by molar-refractivity contribution is -0.114. The summed E-state index contributed by atoms with van der Waals surface area (Å²) in [5, 5.41) is 10.2. The summed E-state index contributed by atoms with van der Waals surface area (Å²) >= 11 is 0.885. The van der Waals surface area contributed by atoms with Crippen LogP contribution in [0.15, 0.2) is 22.5 Å². The molecule has 1 aliphatic heterocycles. The van der Waals surface area contributed by atoms with Crippen molar-refractivity contribution in [3.05, 3.63) is 34.9 Å². The first kappa shape index (κ1) is 18.9. The van der Waals surface area contributed by atoms with Gasteiger partial charge in [-0.3, -0.25) is 4.79 Å². The van der Waals surface area contributed by atoms with E-state index in [4.69, 9.17) is 0 Å². The van der Waals surface area contributed by atoms with E-state index in [1.54, 1.807) is 0 Å². The summed E-state index contributed by atoms with van der Waals surface area (Å²) in [7, 11) is -3.72. The lowest BCUT2D eigenvalue weighted by Gasteiger charge is -2.23. The van der Waals surface area contributed by atoms with Crippen LogP contribution >= 0.6 is 11.3 Å². The third-order valence-corrected chi connectivity index (χ3v) is 7.64. The second-order valence-corrected chi connectivity index (χ2v) is 9.64.